The smallest absolute Gasteiger partial charge is 0.103 e. The Morgan fingerprint density at radius 3 is 2.00 bits per heavy atom. The molecule has 3 nitrogen and oxygen atoms in total. The van der Waals surface area contributed by atoms with E-state index in [9.17, 15) is 5.11 Å². The monoisotopic (exact) mass is 292 g/mol. The minimum absolute atomic E-state index is 0.258. The van der Waals surface area contributed by atoms with E-state index in [-0.39, 0.29) is 6.54 Å². The maximum atomic E-state index is 10.9. The SMILES string of the molecule is CC(C)CN(CCC(O)(CN)c1ccccc1)CC(C)C. The van der Waals surface area contributed by atoms with Crippen LogP contribution in [0.15, 0.2) is 30.3 Å². The summed E-state index contributed by atoms with van der Waals surface area (Å²) in [5.41, 5.74) is 5.85. The van der Waals surface area contributed by atoms with Crippen LogP contribution in [0.25, 0.3) is 0 Å². The van der Waals surface area contributed by atoms with E-state index in [1.165, 1.54) is 0 Å². The molecule has 0 aliphatic heterocycles. The summed E-state index contributed by atoms with van der Waals surface area (Å²) in [6.45, 7) is 12.2. The van der Waals surface area contributed by atoms with Crippen molar-refractivity contribution in [3.8, 4) is 0 Å². The first-order chi connectivity index (χ1) is 9.87. The summed E-state index contributed by atoms with van der Waals surface area (Å²) in [4.78, 5) is 2.44. The van der Waals surface area contributed by atoms with E-state index in [0.29, 0.717) is 18.3 Å². The molecule has 0 fully saturated rings. The van der Waals surface area contributed by atoms with Crippen LogP contribution in [0.2, 0.25) is 0 Å². The van der Waals surface area contributed by atoms with E-state index in [1.54, 1.807) is 0 Å². The Morgan fingerprint density at radius 2 is 1.57 bits per heavy atom. The van der Waals surface area contributed by atoms with Gasteiger partial charge in [0.15, 0.2) is 0 Å². The number of hydrogen-bond donors (Lipinski definition) is 2. The van der Waals surface area contributed by atoms with E-state index in [0.717, 1.165) is 25.2 Å². The molecule has 0 radical (unpaired) electrons. The quantitative estimate of drug-likeness (QED) is 0.736. The number of nitrogens with zero attached hydrogens (tertiary/aromatic N) is 1. The number of aliphatic hydroxyl groups is 1. The van der Waals surface area contributed by atoms with Gasteiger partial charge < -0.3 is 15.7 Å². The average Bonchev–Trinajstić information content (AvgIpc) is 2.44. The van der Waals surface area contributed by atoms with E-state index >= 15 is 0 Å². The van der Waals surface area contributed by atoms with Gasteiger partial charge in [-0.1, -0.05) is 58.0 Å². The predicted octanol–water partition coefficient (Wildman–Crippen LogP) is 2.84. The maximum Gasteiger partial charge on any atom is 0.103 e. The number of rotatable bonds is 9. The maximum absolute atomic E-state index is 10.9. The molecule has 0 aliphatic rings. The van der Waals surface area contributed by atoms with Crippen LogP contribution in [0.5, 0.6) is 0 Å². The van der Waals surface area contributed by atoms with Gasteiger partial charge in [-0.15, -0.1) is 0 Å². The van der Waals surface area contributed by atoms with Crippen LogP contribution in [0, 0.1) is 11.8 Å². The molecule has 1 rings (SSSR count). The number of benzene rings is 1. The van der Waals surface area contributed by atoms with E-state index < -0.39 is 5.60 Å². The van der Waals surface area contributed by atoms with Crippen molar-refractivity contribution in [1.82, 2.24) is 4.90 Å². The lowest BCUT2D eigenvalue weighted by Gasteiger charge is -2.32. The van der Waals surface area contributed by atoms with Crippen molar-refractivity contribution in [2.24, 2.45) is 17.6 Å². The highest BCUT2D eigenvalue weighted by Gasteiger charge is 2.28. The molecule has 21 heavy (non-hydrogen) atoms. The number of nitrogens with two attached hydrogens (primary N) is 1. The molecule has 1 aromatic carbocycles. The highest BCUT2D eigenvalue weighted by molar-refractivity contribution is 5.22. The molecule has 1 unspecified atom stereocenters. The second-order valence-corrected chi connectivity index (χ2v) is 6.90. The minimum atomic E-state index is -0.923. The van der Waals surface area contributed by atoms with Gasteiger partial charge in [-0.3, -0.25) is 0 Å². The molecule has 120 valence electrons. The fourth-order valence-electron chi connectivity index (χ4n) is 2.75. The molecule has 1 atom stereocenters. The fraction of sp³-hybridized carbons (Fsp3) is 0.667. The zero-order valence-corrected chi connectivity index (χ0v) is 14.0. The van der Waals surface area contributed by atoms with Crippen molar-refractivity contribution in [2.75, 3.05) is 26.2 Å². The van der Waals surface area contributed by atoms with Crippen LogP contribution < -0.4 is 5.73 Å². The fourth-order valence-corrected chi connectivity index (χ4v) is 2.75. The highest BCUT2D eigenvalue weighted by Crippen LogP contribution is 2.24. The number of hydrogen-bond acceptors (Lipinski definition) is 3. The molecule has 0 spiro atoms. The molecule has 1 aromatic rings. The molecule has 0 amide bonds. The van der Waals surface area contributed by atoms with Crippen molar-refractivity contribution in [3.63, 3.8) is 0 Å². The highest BCUT2D eigenvalue weighted by atomic mass is 16.3. The standard InChI is InChI=1S/C18H32N2O/c1-15(2)12-20(13-16(3)4)11-10-18(21,14-19)17-8-6-5-7-9-17/h5-9,15-16,21H,10-14,19H2,1-4H3. The van der Waals surface area contributed by atoms with Gasteiger partial charge in [0, 0.05) is 26.2 Å². The third-order valence-electron chi connectivity index (χ3n) is 3.74. The van der Waals surface area contributed by atoms with Gasteiger partial charge in [0.05, 0.1) is 0 Å². The lowest BCUT2D eigenvalue weighted by molar-refractivity contribution is 0.0233. The van der Waals surface area contributed by atoms with Gasteiger partial charge in [0.25, 0.3) is 0 Å². The average molecular weight is 292 g/mol. The Balaban J connectivity index is 2.71. The summed E-state index contributed by atoms with van der Waals surface area (Å²) < 4.78 is 0. The third-order valence-corrected chi connectivity index (χ3v) is 3.74. The Bertz CT molecular complexity index is 381. The molecule has 0 heterocycles. The van der Waals surface area contributed by atoms with E-state index in [1.807, 2.05) is 30.3 Å². The molecule has 0 aliphatic carbocycles. The van der Waals surface area contributed by atoms with Crippen LogP contribution in [0.1, 0.15) is 39.7 Å². The van der Waals surface area contributed by atoms with Gasteiger partial charge in [-0.05, 0) is 23.8 Å². The first kappa shape index (κ1) is 18.1. The Labute approximate surface area is 130 Å². The van der Waals surface area contributed by atoms with Gasteiger partial charge in [0.2, 0.25) is 0 Å². The second-order valence-electron chi connectivity index (χ2n) is 6.90. The third kappa shape index (κ3) is 6.16. The molecular formula is C18H32N2O. The van der Waals surface area contributed by atoms with Crippen molar-refractivity contribution in [3.05, 3.63) is 35.9 Å². The van der Waals surface area contributed by atoms with Gasteiger partial charge >= 0.3 is 0 Å². The summed E-state index contributed by atoms with van der Waals surface area (Å²) >= 11 is 0. The molecule has 0 saturated carbocycles. The van der Waals surface area contributed by atoms with Crippen molar-refractivity contribution in [2.45, 2.75) is 39.7 Å². The molecule has 0 saturated heterocycles. The summed E-state index contributed by atoms with van der Waals surface area (Å²) in [5.74, 6) is 1.26. The zero-order valence-electron chi connectivity index (χ0n) is 14.0. The Kier molecular flexibility index (Phi) is 7.36. The molecule has 0 bridgehead atoms. The van der Waals surface area contributed by atoms with Crippen LogP contribution in [-0.2, 0) is 5.60 Å². The summed E-state index contributed by atoms with van der Waals surface area (Å²) in [6, 6.07) is 9.79. The van der Waals surface area contributed by atoms with Crippen molar-refractivity contribution >= 4 is 0 Å². The normalized spacial score (nSPS) is 14.9. The molecular weight excluding hydrogens is 260 g/mol. The van der Waals surface area contributed by atoms with Crippen molar-refractivity contribution < 1.29 is 5.11 Å². The van der Waals surface area contributed by atoms with Crippen LogP contribution in [0.4, 0.5) is 0 Å². The first-order valence-corrected chi connectivity index (χ1v) is 8.07. The summed E-state index contributed by atoms with van der Waals surface area (Å²) in [5, 5.41) is 10.9. The molecule has 3 heteroatoms. The van der Waals surface area contributed by atoms with Gasteiger partial charge in [-0.2, -0.15) is 0 Å². The Hall–Kier alpha value is -0.900. The lowest BCUT2D eigenvalue weighted by atomic mass is 9.90. The van der Waals surface area contributed by atoms with Gasteiger partial charge in [0.1, 0.15) is 5.60 Å². The van der Waals surface area contributed by atoms with Crippen molar-refractivity contribution in [1.29, 1.82) is 0 Å². The minimum Gasteiger partial charge on any atom is -0.384 e. The predicted molar refractivity (Wildman–Crippen MR) is 90.1 cm³/mol. The van der Waals surface area contributed by atoms with E-state index in [4.69, 9.17) is 5.73 Å². The first-order valence-electron chi connectivity index (χ1n) is 8.07. The molecule has 0 aromatic heterocycles. The summed E-state index contributed by atoms with van der Waals surface area (Å²) in [7, 11) is 0. The molecule has 3 N–H and O–H groups in total. The zero-order chi connectivity index (χ0) is 15.9. The lowest BCUT2D eigenvalue weighted by Crippen LogP contribution is -2.40. The van der Waals surface area contributed by atoms with Crippen LogP contribution in [-0.4, -0.2) is 36.2 Å². The second kappa shape index (κ2) is 8.52. The topological polar surface area (TPSA) is 49.5 Å². The van der Waals surface area contributed by atoms with Crippen LogP contribution in [0.3, 0.4) is 0 Å². The summed E-state index contributed by atoms with van der Waals surface area (Å²) in [6.07, 6.45) is 0.674. The van der Waals surface area contributed by atoms with Crippen LogP contribution >= 0.6 is 0 Å². The van der Waals surface area contributed by atoms with E-state index in [2.05, 4.69) is 32.6 Å². The van der Waals surface area contributed by atoms with Gasteiger partial charge in [-0.25, -0.2) is 0 Å². The largest absolute Gasteiger partial charge is 0.384 e. The Morgan fingerprint density at radius 1 is 1.05 bits per heavy atom.